The van der Waals surface area contributed by atoms with Crippen molar-refractivity contribution < 1.29 is 4.39 Å². The molecule has 1 aromatic carbocycles. The number of nitrogens with one attached hydrogen (secondary N) is 1. The molecule has 1 unspecified atom stereocenters. The summed E-state index contributed by atoms with van der Waals surface area (Å²) in [5.74, 6) is -0.176. The third-order valence-electron chi connectivity index (χ3n) is 3.23. The normalized spacial score (nSPS) is 13.0. The Morgan fingerprint density at radius 2 is 1.94 bits per heavy atom. The highest BCUT2D eigenvalue weighted by Gasteiger charge is 2.05. The van der Waals surface area contributed by atoms with Crippen molar-refractivity contribution in [2.45, 2.75) is 32.9 Å². The molecule has 3 heteroatoms. The second-order valence-electron chi connectivity index (χ2n) is 4.54. The average Bonchev–Trinajstić information content (AvgIpc) is 2.35. The molecule has 2 nitrogen and oxygen atoms in total. The van der Waals surface area contributed by atoms with E-state index in [1.165, 1.54) is 18.6 Å². The zero-order valence-electron chi connectivity index (χ0n) is 11.0. The van der Waals surface area contributed by atoms with Crippen molar-refractivity contribution >= 4 is 0 Å². The Labute approximate surface area is 104 Å². The summed E-state index contributed by atoms with van der Waals surface area (Å²) in [4.78, 5) is 2.34. The van der Waals surface area contributed by atoms with E-state index in [0.29, 0.717) is 6.04 Å². The van der Waals surface area contributed by atoms with E-state index < -0.39 is 0 Å². The number of hydrogen-bond acceptors (Lipinski definition) is 2. The molecule has 17 heavy (non-hydrogen) atoms. The summed E-state index contributed by atoms with van der Waals surface area (Å²) in [5, 5.41) is 3.37. The number of rotatable bonds is 7. The van der Waals surface area contributed by atoms with Crippen LogP contribution in [0.4, 0.5) is 4.39 Å². The Morgan fingerprint density at radius 1 is 1.29 bits per heavy atom. The van der Waals surface area contributed by atoms with Crippen LogP contribution in [-0.2, 0) is 6.54 Å². The first-order valence-corrected chi connectivity index (χ1v) is 6.29. The van der Waals surface area contributed by atoms with Crippen molar-refractivity contribution in [3.8, 4) is 0 Å². The first kappa shape index (κ1) is 14.1. The van der Waals surface area contributed by atoms with Gasteiger partial charge < -0.3 is 10.2 Å². The minimum Gasteiger partial charge on any atom is -0.311 e. The maximum Gasteiger partial charge on any atom is 0.123 e. The highest BCUT2D eigenvalue weighted by Crippen LogP contribution is 2.02. The number of likely N-dealkylation sites (N-methyl/N-ethyl adjacent to an activating group) is 1. The van der Waals surface area contributed by atoms with Crippen molar-refractivity contribution in [2.75, 3.05) is 20.1 Å². The van der Waals surface area contributed by atoms with Crippen LogP contribution < -0.4 is 5.32 Å². The quantitative estimate of drug-likeness (QED) is 0.735. The van der Waals surface area contributed by atoms with Gasteiger partial charge >= 0.3 is 0 Å². The van der Waals surface area contributed by atoms with Crippen LogP contribution in [0.2, 0.25) is 0 Å². The van der Waals surface area contributed by atoms with Crippen LogP contribution in [0.1, 0.15) is 25.8 Å². The lowest BCUT2D eigenvalue weighted by Crippen LogP contribution is -2.34. The molecule has 0 aromatic heterocycles. The van der Waals surface area contributed by atoms with E-state index in [0.717, 1.165) is 25.2 Å². The summed E-state index contributed by atoms with van der Waals surface area (Å²) in [5.41, 5.74) is 1.12. The molecule has 0 saturated carbocycles. The van der Waals surface area contributed by atoms with E-state index in [-0.39, 0.29) is 5.82 Å². The molecular formula is C14H23FN2. The molecule has 1 atom stereocenters. The predicted molar refractivity (Wildman–Crippen MR) is 70.5 cm³/mol. The molecule has 0 bridgehead atoms. The van der Waals surface area contributed by atoms with E-state index in [4.69, 9.17) is 0 Å². The number of benzene rings is 1. The Balaban J connectivity index is 2.18. The zero-order valence-corrected chi connectivity index (χ0v) is 11.0. The molecule has 0 radical (unpaired) electrons. The molecule has 0 fully saturated rings. The molecule has 1 N–H and O–H groups in total. The van der Waals surface area contributed by atoms with Gasteiger partial charge in [0.1, 0.15) is 5.82 Å². The van der Waals surface area contributed by atoms with Gasteiger partial charge in [-0.25, -0.2) is 4.39 Å². The molecule has 96 valence electrons. The van der Waals surface area contributed by atoms with Gasteiger partial charge in [-0.2, -0.15) is 0 Å². The number of halogens is 1. The minimum absolute atomic E-state index is 0.176. The van der Waals surface area contributed by atoms with Crippen molar-refractivity contribution in [1.82, 2.24) is 10.2 Å². The second-order valence-corrected chi connectivity index (χ2v) is 4.54. The number of nitrogens with zero attached hydrogens (tertiary/aromatic N) is 1. The van der Waals surface area contributed by atoms with E-state index in [1.54, 1.807) is 0 Å². The lowest BCUT2D eigenvalue weighted by molar-refractivity contribution is 0.251. The number of hydrogen-bond donors (Lipinski definition) is 1. The Hall–Kier alpha value is -0.930. The molecule has 0 aliphatic heterocycles. The van der Waals surface area contributed by atoms with Gasteiger partial charge in [-0.05, 0) is 38.1 Å². The molecule has 0 aliphatic carbocycles. The summed E-state index contributed by atoms with van der Waals surface area (Å²) in [7, 11) is 2.15. The molecule has 0 aliphatic rings. The monoisotopic (exact) mass is 238 g/mol. The summed E-state index contributed by atoms with van der Waals surface area (Å²) >= 11 is 0. The van der Waals surface area contributed by atoms with Gasteiger partial charge in [0.05, 0.1) is 0 Å². The maximum absolute atomic E-state index is 12.7. The predicted octanol–water partition coefficient (Wildman–Crippen LogP) is 2.65. The maximum atomic E-state index is 12.7. The summed E-state index contributed by atoms with van der Waals surface area (Å²) in [6.07, 6.45) is 1.18. The Bertz CT molecular complexity index is 311. The largest absolute Gasteiger partial charge is 0.311 e. The molecule has 0 saturated heterocycles. The van der Waals surface area contributed by atoms with Gasteiger partial charge in [0, 0.05) is 25.7 Å². The molecule has 0 amide bonds. The Morgan fingerprint density at radius 3 is 2.53 bits per heavy atom. The fourth-order valence-electron chi connectivity index (χ4n) is 1.62. The lowest BCUT2D eigenvalue weighted by atomic mass is 10.2. The molecular weight excluding hydrogens is 215 g/mol. The van der Waals surface area contributed by atoms with Crippen molar-refractivity contribution in [1.29, 1.82) is 0 Å². The van der Waals surface area contributed by atoms with E-state index in [1.807, 2.05) is 12.1 Å². The highest BCUT2D eigenvalue weighted by atomic mass is 19.1. The molecule has 0 spiro atoms. The SMILES string of the molecule is CCC(C)N(C)CCNCc1ccc(F)cc1. The molecule has 1 rings (SSSR count). The van der Waals surface area contributed by atoms with Gasteiger partial charge in [0.15, 0.2) is 0 Å². The van der Waals surface area contributed by atoms with Crippen LogP contribution in [0.25, 0.3) is 0 Å². The van der Waals surface area contributed by atoms with Crippen molar-refractivity contribution in [3.63, 3.8) is 0 Å². The molecule has 0 heterocycles. The van der Waals surface area contributed by atoms with Crippen LogP contribution in [0.3, 0.4) is 0 Å². The zero-order chi connectivity index (χ0) is 12.7. The van der Waals surface area contributed by atoms with E-state index in [9.17, 15) is 4.39 Å². The van der Waals surface area contributed by atoms with Gasteiger partial charge in [0.2, 0.25) is 0 Å². The third kappa shape index (κ3) is 5.29. The van der Waals surface area contributed by atoms with Crippen LogP contribution in [0.15, 0.2) is 24.3 Å². The molecule has 1 aromatic rings. The van der Waals surface area contributed by atoms with Crippen LogP contribution >= 0.6 is 0 Å². The fraction of sp³-hybridized carbons (Fsp3) is 0.571. The van der Waals surface area contributed by atoms with E-state index >= 15 is 0 Å². The fourth-order valence-corrected chi connectivity index (χ4v) is 1.62. The second kappa shape index (κ2) is 7.41. The summed E-state index contributed by atoms with van der Waals surface area (Å²) in [6.45, 7) is 7.23. The minimum atomic E-state index is -0.176. The van der Waals surface area contributed by atoms with Crippen LogP contribution in [0.5, 0.6) is 0 Å². The topological polar surface area (TPSA) is 15.3 Å². The van der Waals surface area contributed by atoms with Gasteiger partial charge in [0.25, 0.3) is 0 Å². The summed E-state index contributed by atoms with van der Waals surface area (Å²) < 4.78 is 12.7. The smallest absolute Gasteiger partial charge is 0.123 e. The first-order valence-electron chi connectivity index (χ1n) is 6.29. The third-order valence-corrected chi connectivity index (χ3v) is 3.23. The van der Waals surface area contributed by atoms with Crippen molar-refractivity contribution in [2.24, 2.45) is 0 Å². The summed E-state index contributed by atoms with van der Waals surface area (Å²) in [6, 6.07) is 7.27. The van der Waals surface area contributed by atoms with Crippen LogP contribution in [-0.4, -0.2) is 31.1 Å². The van der Waals surface area contributed by atoms with E-state index in [2.05, 4.69) is 31.1 Å². The first-order chi connectivity index (χ1) is 8.13. The van der Waals surface area contributed by atoms with Crippen molar-refractivity contribution in [3.05, 3.63) is 35.6 Å². The average molecular weight is 238 g/mol. The van der Waals surface area contributed by atoms with Gasteiger partial charge in [-0.1, -0.05) is 19.1 Å². The lowest BCUT2D eigenvalue weighted by Gasteiger charge is -2.23. The Kier molecular flexibility index (Phi) is 6.16. The van der Waals surface area contributed by atoms with Gasteiger partial charge in [-0.3, -0.25) is 0 Å². The highest BCUT2D eigenvalue weighted by molar-refractivity contribution is 5.15. The van der Waals surface area contributed by atoms with Gasteiger partial charge in [-0.15, -0.1) is 0 Å². The van der Waals surface area contributed by atoms with Crippen LogP contribution in [0, 0.1) is 5.82 Å². The standard InChI is InChI=1S/C14H23FN2/c1-4-12(2)17(3)10-9-16-11-13-5-7-14(15)8-6-13/h5-8,12,16H,4,9-11H2,1-3H3.